The predicted octanol–water partition coefficient (Wildman–Crippen LogP) is 2.48. The van der Waals surface area contributed by atoms with E-state index >= 15 is 0 Å². The maximum Gasteiger partial charge on any atom is 0.329 e. The molecular weight excluding hydrogens is 362 g/mol. The van der Waals surface area contributed by atoms with Gasteiger partial charge in [-0.3, -0.25) is 4.79 Å². The standard InChI is InChI=1S/C24H29N3O2/c1-2-21-15-9-10-16-26(21)18-27-22(28)24(25-23(27)29,20-13-7-4-8-14-20)17-19-11-5-3-6-12-19/h3-8,11-14,21H,2,9-10,15-18H2,1H3,(H,25,29)/p+1/t21-,24-/m1/s1. The summed E-state index contributed by atoms with van der Waals surface area (Å²) >= 11 is 0. The Balaban J connectivity index is 1.65. The lowest BCUT2D eigenvalue weighted by molar-refractivity contribution is -0.937. The van der Waals surface area contributed by atoms with Gasteiger partial charge in [0, 0.05) is 6.42 Å². The Labute approximate surface area is 172 Å². The van der Waals surface area contributed by atoms with Crippen LogP contribution in [-0.4, -0.2) is 36.1 Å². The van der Waals surface area contributed by atoms with Crippen molar-refractivity contribution in [1.82, 2.24) is 10.2 Å². The van der Waals surface area contributed by atoms with Crippen LogP contribution in [0, 0.1) is 0 Å². The summed E-state index contributed by atoms with van der Waals surface area (Å²) in [4.78, 5) is 29.6. The van der Waals surface area contributed by atoms with E-state index in [1.54, 1.807) is 0 Å². The summed E-state index contributed by atoms with van der Waals surface area (Å²) in [6.45, 7) is 3.67. The predicted molar refractivity (Wildman–Crippen MR) is 112 cm³/mol. The van der Waals surface area contributed by atoms with Gasteiger partial charge in [-0.05, 0) is 36.8 Å². The molecule has 0 aliphatic carbocycles. The number of urea groups is 1. The largest absolute Gasteiger partial charge is 0.329 e. The number of hydrogen-bond acceptors (Lipinski definition) is 2. The Morgan fingerprint density at radius 2 is 1.72 bits per heavy atom. The van der Waals surface area contributed by atoms with Gasteiger partial charge in [-0.25, -0.2) is 9.69 Å². The fraction of sp³-hybridized carbons (Fsp3) is 0.417. The first-order valence-corrected chi connectivity index (χ1v) is 10.7. The van der Waals surface area contributed by atoms with E-state index in [0.29, 0.717) is 19.1 Å². The van der Waals surface area contributed by atoms with Gasteiger partial charge in [-0.2, -0.15) is 0 Å². The quantitative estimate of drug-likeness (QED) is 0.742. The number of likely N-dealkylation sites (tertiary alicyclic amines) is 1. The van der Waals surface area contributed by atoms with E-state index in [2.05, 4.69) is 12.2 Å². The summed E-state index contributed by atoms with van der Waals surface area (Å²) in [5, 5.41) is 3.08. The lowest BCUT2D eigenvalue weighted by Gasteiger charge is -2.34. The number of piperidine rings is 1. The van der Waals surface area contributed by atoms with Gasteiger partial charge >= 0.3 is 6.03 Å². The molecule has 1 unspecified atom stereocenters. The van der Waals surface area contributed by atoms with Gasteiger partial charge in [0.1, 0.15) is 0 Å². The van der Waals surface area contributed by atoms with Gasteiger partial charge in [-0.1, -0.05) is 67.6 Å². The van der Waals surface area contributed by atoms with Gasteiger partial charge in [0.05, 0.1) is 12.6 Å². The van der Waals surface area contributed by atoms with Gasteiger partial charge < -0.3 is 10.2 Å². The fourth-order valence-electron chi connectivity index (χ4n) is 4.87. The molecule has 3 atom stereocenters. The average Bonchev–Trinajstić information content (AvgIpc) is 3.00. The van der Waals surface area contributed by atoms with Gasteiger partial charge in [0.2, 0.25) is 0 Å². The Morgan fingerprint density at radius 1 is 1.03 bits per heavy atom. The van der Waals surface area contributed by atoms with Crippen LogP contribution in [-0.2, 0) is 16.8 Å². The number of rotatable bonds is 6. The molecule has 5 nitrogen and oxygen atoms in total. The number of amides is 3. The molecule has 29 heavy (non-hydrogen) atoms. The normalized spacial score (nSPS) is 27.1. The van der Waals surface area contributed by atoms with E-state index < -0.39 is 5.54 Å². The second-order valence-corrected chi connectivity index (χ2v) is 8.26. The number of benzene rings is 2. The zero-order chi connectivity index (χ0) is 20.3. The van der Waals surface area contributed by atoms with Gasteiger partial charge in [-0.15, -0.1) is 0 Å². The monoisotopic (exact) mass is 392 g/mol. The van der Waals surface area contributed by atoms with Crippen molar-refractivity contribution in [3.63, 3.8) is 0 Å². The van der Waals surface area contributed by atoms with Crippen molar-refractivity contribution in [2.24, 2.45) is 0 Å². The van der Waals surface area contributed by atoms with Crippen LogP contribution < -0.4 is 10.2 Å². The summed E-state index contributed by atoms with van der Waals surface area (Å²) in [6.07, 6.45) is 5.09. The molecule has 5 heteroatoms. The van der Waals surface area contributed by atoms with E-state index in [1.165, 1.54) is 22.6 Å². The first-order valence-electron chi connectivity index (χ1n) is 10.7. The lowest BCUT2D eigenvalue weighted by Crippen LogP contribution is -3.18. The summed E-state index contributed by atoms with van der Waals surface area (Å²) in [7, 11) is 0. The Morgan fingerprint density at radius 3 is 2.41 bits per heavy atom. The first kappa shape index (κ1) is 19.6. The topological polar surface area (TPSA) is 53.9 Å². The minimum atomic E-state index is -1.05. The van der Waals surface area contributed by atoms with Crippen molar-refractivity contribution in [2.45, 2.75) is 50.6 Å². The summed E-state index contributed by atoms with van der Waals surface area (Å²) < 4.78 is 0. The third-order valence-corrected chi connectivity index (χ3v) is 6.49. The van der Waals surface area contributed by atoms with Crippen molar-refractivity contribution in [3.05, 3.63) is 71.8 Å². The van der Waals surface area contributed by atoms with Crippen LogP contribution in [0.1, 0.15) is 43.7 Å². The average molecular weight is 393 g/mol. The van der Waals surface area contributed by atoms with Gasteiger partial charge in [0.25, 0.3) is 5.91 Å². The molecule has 0 bridgehead atoms. The Hall–Kier alpha value is -2.66. The molecule has 0 spiro atoms. The Bertz CT molecular complexity index is 855. The Kier molecular flexibility index (Phi) is 5.67. The molecule has 3 amide bonds. The summed E-state index contributed by atoms with van der Waals surface area (Å²) in [5.74, 6) is -0.134. The molecule has 2 N–H and O–H groups in total. The maximum absolute atomic E-state index is 13.7. The van der Waals surface area contributed by atoms with Crippen molar-refractivity contribution < 1.29 is 14.5 Å². The molecule has 2 heterocycles. The molecule has 2 aliphatic heterocycles. The zero-order valence-electron chi connectivity index (χ0n) is 17.1. The first-order chi connectivity index (χ1) is 14.1. The summed E-state index contributed by atoms with van der Waals surface area (Å²) in [6, 6.07) is 19.8. The van der Waals surface area contributed by atoms with Crippen molar-refractivity contribution in [3.8, 4) is 0 Å². The number of nitrogens with zero attached hydrogens (tertiary/aromatic N) is 1. The van der Waals surface area contributed by atoms with Crippen LogP contribution in [0.2, 0.25) is 0 Å². The number of hydrogen-bond donors (Lipinski definition) is 2. The number of carbonyl (C=O) groups excluding carboxylic acids is 2. The second-order valence-electron chi connectivity index (χ2n) is 8.26. The van der Waals surface area contributed by atoms with Crippen molar-refractivity contribution in [2.75, 3.05) is 13.2 Å². The van der Waals surface area contributed by atoms with Crippen LogP contribution >= 0.6 is 0 Å². The molecule has 2 saturated heterocycles. The summed E-state index contributed by atoms with van der Waals surface area (Å²) in [5.41, 5.74) is 0.824. The van der Waals surface area contributed by atoms with E-state index in [-0.39, 0.29) is 11.9 Å². The van der Waals surface area contributed by atoms with Crippen LogP contribution in [0.4, 0.5) is 4.79 Å². The molecular formula is C24H30N3O2+. The number of nitrogens with one attached hydrogen (secondary N) is 2. The highest BCUT2D eigenvalue weighted by Crippen LogP contribution is 2.32. The smallest absolute Gasteiger partial charge is 0.319 e. The third kappa shape index (κ3) is 3.79. The molecule has 152 valence electrons. The minimum absolute atomic E-state index is 0.134. The minimum Gasteiger partial charge on any atom is -0.319 e. The van der Waals surface area contributed by atoms with Crippen LogP contribution in [0.15, 0.2) is 60.7 Å². The molecule has 2 fully saturated rings. The zero-order valence-corrected chi connectivity index (χ0v) is 17.1. The van der Waals surface area contributed by atoms with Crippen molar-refractivity contribution >= 4 is 11.9 Å². The molecule has 0 aromatic heterocycles. The number of imide groups is 1. The maximum atomic E-state index is 13.7. The molecule has 4 rings (SSSR count). The van der Waals surface area contributed by atoms with E-state index in [1.807, 2.05) is 60.7 Å². The van der Waals surface area contributed by atoms with Crippen LogP contribution in [0.25, 0.3) is 0 Å². The fourth-order valence-corrected chi connectivity index (χ4v) is 4.87. The highest BCUT2D eigenvalue weighted by Gasteiger charge is 2.53. The molecule has 2 aromatic carbocycles. The van der Waals surface area contributed by atoms with Crippen LogP contribution in [0.3, 0.4) is 0 Å². The molecule has 2 aromatic rings. The molecule has 0 saturated carbocycles. The van der Waals surface area contributed by atoms with Gasteiger partial charge in [0.15, 0.2) is 12.2 Å². The molecule has 0 radical (unpaired) electrons. The highest BCUT2D eigenvalue weighted by molar-refractivity contribution is 6.07. The highest BCUT2D eigenvalue weighted by atomic mass is 16.2. The van der Waals surface area contributed by atoms with Crippen LogP contribution in [0.5, 0.6) is 0 Å². The van der Waals surface area contributed by atoms with E-state index in [9.17, 15) is 9.59 Å². The van der Waals surface area contributed by atoms with Crippen molar-refractivity contribution in [1.29, 1.82) is 0 Å². The molecule has 2 aliphatic rings. The SMILES string of the molecule is CC[C@@H]1CCCC[NH+]1CN1C(=O)N[C@](Cc2ccccc2)(c2ccccc2)C1=O. The second kappa shape index (κ2) is 8.37. The lowest BCUT2D eigenvalue weighted by atomic mass is 9.83. The third-order valence-electron chi connectivity index (χ3n) is 6.49. The number of quaternary nitrogens is 1. The van der Waals surface area contributed by atoms with E-state index in [4.69, 9.17) is 0 Å². The number of carbonyl (C=O) groups is 2. The van der Waals surface area contributed by atoms with E-state index in [0.717, 1.165) is 30.5 Å².